The van der Waals surface area contributed by atoms with E-state index < -0.39 is 34.7 Å². The van der Waals surface area contributed by atoms with Gasteiger partial charge in [-0.25, -0.2) is 9.18 Å². The third-order valence-corrected chi connectivity index (χ3v) is 6.09. The summed E-state index contributed by atoms with van der Waals surface area (Å²) in [6.45, 7) is 2.09. The van der Waals surface area contributed by atoms with Crippen molar-refractivity contribution in [2.45, 2.75) is 35.6 Å². The summed E-state index contributed by atoms with van der Waals surface area (Å²) in [4.78, 5) is 25.4. The lowest BCUT2D eigenvalue weighted by molar-refractivity contribution is -0.296. The maximum Gasteiger partial charge on any atom is 0.329 e. The molecule has 1 aromatic carbocycles. The van der Waals surface area contributed by atoms with E-state index in [0.717, 1.165) is 5.56 Å². The van der Waals surface area contributed by atoms with Crippen LogP contribution >= 0.6 is 11.8 Å². The number of hydrogen-bond donors (Lipinski definition) is 1. The van der Waals surface area contributed by atoms with Gasteiger partial charge in [0, 0.05) is 17.8 Å². The third kappa shape index (κ3) is 2.84. The van der Waals surface area contributed by atoms with Crippen molar-refractivity contribution in [3.8, 4) is 0 Å². The van der Waals surface area contributed by atoms with E-state index in [1.54, 1.807) is 6.92 Å². The first-order valence-electron chi connectivity index (χ1n) is 7.96. The van der Waals surface area contributed by atoms with Crippen LogP contribution in [0.15, 0.2) is 52.2 Å². The Balaban J connectivity index is 1.62. The zero-order valence-corrected chi connectivity index (χ0v) is 14.2. The average molecular weight is 364 g/mol. The molecule has 0 bridgehead atoms. The monoisotopic (exact) mass is 364 g/mol. The van der Waals surface area contributed by atoms with Crippen molar-refractivity contribution in [2.75, 3.05) is 6.61 Å². The summed E-state index contributed by atoms with van der Waals surface area (Å²) in [6, 6.07) is 10.6. The molecule has 0 aliphatic carbocycles. The molecule has 4 rings (SSSR count). The number of alkyl halides is 1. The van der Waals surface area contributed by atoms with E-state index in [9.17, 15) is 9.59 Å². The number of aromatic nitrogens is 2. The van der Waals surface area contributed by atoms with E-state index in [4.69, 9.17) is 9.47 Å². The molecule has 2 saturated heterocycles. The maximum atomic E-state index is 15.1. The van der Waals surface area contributed by atoms with Gasteiger partial charge in [-0.3, -0.25) is 14.3 Å². The lowest BCUT2D eigenvalue weighted by atomic mass is 10.0. The molecule has 25 heavy (non-hydrogen) atoms. The first-order chi connectivity index (χ1) is 12.0. The molecule has 0 amide bonds. The Bertz CT molecular complexity index is 886. The van der Waals surface area contributed by atoms with Crippen LogP contribution < -0.4 is 11.2 Å². The highest BCUT2D eigenvalue weighted by atomic mass is 32.2. The van der Waals surface area contributed by atoms with Crippen LogP contribution in [-0.2, 0) is 15.3 Å². The first-order valence-corrected chi connectivity index (χ1v) is 8.90. The normalized spacial score (nSPS) is 34.6. The molecule has 0 radical (unpaired) electrons. The molecule has 1 aromatic heterocycles. The molecule has 6 nitrogen and oxygen atoms in total. The molecule has 1 unspecified atom stereocenters. The van der Waals surface area contributed by atoms with Gasteiger partial charge in [-0.05, 0) is 6.92 Å². The van der Waals surface area contributed by atoms with Crippen molar-refractivity contribution in [2.24, 2.45) is 0 Å². The van der Waals surface area contributed by atoms with Crippen molar-refractivity contribution in [3.05, 3.63) is 69.0 Å². The summed E-state index contributed by atoms with van der Waals surface area (Å²) in [5.74, 6) is -1.03. The second-order valence-corrected chi connectivity index (χ2v) is 7.59. The molecule has 1 N–H and O–H groups in total. The van der Waals surface area contributed by atoms with Crippen LogP contribution in [0.1, 0.15) is 17.9 Å². The van der Waals surface area contributed by atoms with Crippen LogP contribution in [0.3, 0.4) is 0 Å². The van der Waals surface area contributed by atoms with Crippen LogP contribution in [0, 0.1) is 0 Å². The summed E-state index contributed by atoms with van der Waals surface area (Å²) >= 11 is 1.29. The van der Waals surface area contributed by atoms with E-state index in [-0.39, 0.29) is 5.25 Å². The number of nitrogens with one attached hydrogen (secondary N) is 1. The van der Waals surface area contributed by atoms with Crippen LogP contribution in [-0.4, -0.2) is 33.7 Å². The van der Waals surface area contributed by atoms with Crippen molar-refractivity contribution in [1.29, 1.82) is 0 Å². The fourth-order valence-corrected chi connectivity index (χ4v) is 4.72. The summed E-state index contributed by atoms with van der Waals surface area (Å²) in [5, 5.41) is -0.989. The smallest absolute Gasteiger partial charge is 0.329 e. The minimum atomic E-state index is -1.40. The molecule has 2 fully saturated rings. The summed E-state index contributed by atoms with van der Waals surface area (Å²) < 4.78 is 28.2. The number of ether oxygens (including phenoxy) is 2. The van der Waals surface area contributed by atoms with E-state index in [1.807, 2.05) is 30.3 Å². The Morgan fingerprint density at radius 1 is 1.28 bits per heavy atom. The number of fused-ring (bicyclic) bond motifs is 1. The number of thioether (sulfide) groups is 1. The summed E-state index contributed by atoms with van der Waals surface area (Å²) in [7, 11) is 0. The number of halogens is 1. The number of nitrogens with zero attached hydrogens (tertiary/aromatic N) is 1. The Labute approximate surface area is 147 Å². The molecular formula is C17H17FN2O4S. The van der Waals surface area contributed by atoms with E-state index >= 15 is 4.39 Å². The predicted molar refractivity (Wildman–Crippen MR) is 91.3 cm³/mol. The molecule has 2 aromatic rings. The predicted octanol–water partition coefficient (Wildman–Crippen LogP) is 1.78. The number of rotatable bonds is 2. The first kappa shape index (κ1) is 16.6. The molecule has 0 spiro atoms. The summed E-state index contributed by atoms with van der Waals surface area (Å²) in [6.07, 6.45) is -0.779. The maximum absolute atomic E-state index is 15.1. The Morgan fingerprint density at radius 2 is 2.04 bits per heavy atom. The lowest BCUT2D eigenvalue weighted by Crippen LogP contribution is -2.48. The zero-order chi connectivity index (χ0) is 17.6. The Hall–Kier alpha value is -1.90. The molecule has 3 heterocycles. The van der Waals surface area contributed by atoms with Gasteiger partial charge < -0.3 is 9.47 Å². The van der Waals surface area contributed by atoms with E-state index in [2.05, 4.69) is 4.98 Å². The molecule has 132 valence electrons. The fourth-order valence-electron chi connectivity index (χ4n) is 3.25. The van der Waals surface area contributed by atoms with Crippen molar-refractivity contribution >= 4 is 11.8 Å². The standard InChI is InChI=1S/C17H17FN2O4S/c1-17(10-5-3-2-4-6-10)23-9-11-14(24-17)13(18)15(25-11)20-8-7-12(21)19-16(20)22/h2-8,11,13-15H,9H2,1H3,(H,19,21,22)/t11-,13+,14+,15+,17?/m0/s1. The number of benzene rings is 1. The number of aromatic amines is 1. The fraction of sp³-hybridized carbons (Fsp3) is 0.412. The SMILES string of the molecule is CC1(c2ccccc2)OC[C@@H]2S[C@@H](n3ccc(=O)[nH]c3=O)[C@H](F)[C@@H]2O1. The molecular weight excluding hydrogens is 347 g/mol. The lowest BCUT2D eigenvalue weighted by Gasteiger charge is -2.40. The minimum absolute atomic E-state index is 0.226. The van der Waals surface area contributed by atoms with Crippen molar-refractivity contribution in [1.82, 2.24) is 9.55 Å². The molecule has 2 aliphatic heterocycles. The molecule has 5 atom stereocenters. The largest absolute Gasteiger partial charge is 0.345 e. The highest BCUT2D eigenvalue weighted by Crippen LogP contribution is 2.49. The second kappa shape index (κ2) is 6.12. The number of H-pyrrole nitrogens is 1. The van der Waals surface area contributed by atoms with E-state index in [0.29, 0.717) is 6.61 Å². The van der Waals surface area contributed by atoms with Crippen LogP contribution in [0.25, 0.3) is 0 Å². The third-order valence-electron chi connectivity index (χ3n) is 4.57. The molecule has 2 aliphatic rings. The van der Waals surface area contributed by atoms with Gasteiger partial charge >= 0.3 is 5.69 Å². The summed E-state index contributed by atoms with van der Waals surface area (Å²) in [5.41, 5.74) is -0.318. The van der Waals surface area contributed by atoms with Gasteiger partial charge in [0.15, 0.2) is 12.0 Å². The average Bonchev–Trinajstić information content (AvgIpc) is 2.92. The van der Waals surface area contributed by atoms with Gasteiger partial charge in [0.25, 0.3) is 5.56 Å². The highest BCUT2D eigenvalue weighted by molar-refractivity contribution is 8.00. The molecule has 0 saturated carbocycles. The Kier molecular flexibility index (Phi) is 4.05. The van der Waals surface area contributed by atoms with Crippen LogP contribution in [0.5, 0.6) is 0 Å². The molecule has 8 heteroatoms. The van der Waals surface area contributed by atoms with Crippen molar-refractivity contribution < 1.29 is 13.9 Å². The zero-order valence-electron chi connectivity index (χ0n) is 13.4. The number of hydrogen-bond acceptors (Lipinski definition) is 5. The van der Waals surface area contributed by atoms with E-state index in [1.165, 1.54) is 28.6 Å². The highest BCUT2D eigenvalue weighted by Gasteiger charge is 2.53. The topological polar surface area (TPSA) is 73.3 Å². The minimum Gasteiger partial charge on any atom is -0.345 e. The second-order valence-electron chi connectivity index (χ2n) is 6.23. The quantitative estimate of drug-likeness (QED) is 0.879. The van der Waals surface area contributed by atoms with Gasteiger partial charge in [-0.2, -0.15) is 0 Å². The van der Waals surface area contributed by atoms with Crippen molar-refractivity contribution in [3.63, 3.8) is 0 Å². The van der Waals surface area contributed by atoms with Crippen LogP contribution in [0.4, 0.5) is 4.39 Å². The van der Waals surface area contributed by atoms with Gasteiger partial charge in [0.05, 0.1) is 11.9 Å². The Morgan fingerprint density at radius 3 is 2.76 bits per heavy atom. The van der Waals surface area contributed by atoms with Gasteiger partial charge in [-0.1, -0.05) is 30.3 Å². The van der Waals surface area contributed by atoms with Gasteiger partial charge in [0.1, 0.15) is 11.5 Å². The van der Waals surface area contributed by atoms with Crippen LogP contribution in [0.2, 0.25) is 0 Å². The van der Waals surface area contributed by atoms with Gasteiger partial charge in [0.2, 0.25) is 0 Å². The van der Waals surface area contributed by atoms with Gasteiger partial charge in [-0.15, -0.1) is 11.8 Å².